The van der Waals surface area contributed by atoms with Gasteiger partial charge in [-0.25, -0.2) is 13.1 Å². The first kappa shape index (κ1) is 15.3. The maximum absolute atomic E-state index is 11.3. The average Bonchev–Trinajstić information content (AvgIpc) is 2.19. The van der Waals surface area contributed by atoms with Gasteiger partial charge in [0.2, 0.25) is 15.9 Å². The van der Waals surface area contributed by atoms with Gasteiger partial charge in [0.05, 0.1) is 6.26 Å². The first-order valence-corrected chi connectivity index (χ1v) is 7.15. The van der Waals surface area contributed by atoms with Crippen LogP contribution in [0.25, 0.3) is 0 Å². The molecule has 0 saturated heterocycles. The number of amides is 1. The van der Waals surface area contributed by atoms with Crippen LogP contribution in [0, 0.1) is 5.92 Å². The molecule has 1 amide bonds. The lowest BCUT2D eigenvalue weighted by Crippen LogP contribution is -2.34. The van der Waals surface area contributed by atoms with Crippen molar-refractivity contribution in [3.05, 3.63) is 0 Å². The number of carbonyl (C=O) groups is 1. The lowest BCUT2D eigenvalue weighted by atomic mass is 10.1. The molecule has 0 aliphatic carbocycles. The molecule has 16 heavy (non-hydrogen) atoms. The fraction of sp³-hybridized carbons (Fsp3) is 0.889. The molecule has 1 atom stereocenters. The summed E-state index contributed by atoms with van der Waals surface area (Å²) in [6.07, 6.45) is 2.26. The number of hydrogen-bond acceptors (Lipinski definition) is 4. The zero-order valence-electron chi connectivity index (χ0n) is 9.82. The Labute approximate surface area is 97.0 Å². The molecule has 0 aliphatic rings. The summed E-state index contributed by atoms with van der Waals surface area (Å²) >= 11 is 0. The topological polar surface area (TPSA) is 101 Å². The maximum atomic E-state index is 11.3. The van der Waals surface area contributed by atoms with Crippen molar-refractivity contribution in [2.24, 2.45) is 11.7 Å². The number of hydrogen-bond donors (Lipinski definition) is 3. The zero-order valence-corrected chi connectivity index (χ0v) is 10.6. The Bertz CT molecular complexity index is 303. The van der Waals surface area contributed by atoms with Gasteiger partial charge in [0.15, 0.2) is 0 Å². The van der Waals surface area contributed by atoms with E-state index in [0.29, 0.717) is 25.4 Å². The Morgan fingerprint density at radius 2 is 2.00 bits per heavy atom. The van der Waals surface area contributed by atoms with Crippen molar-refractivity contribution < 1.29 is 13.2 Å². The van der Waals surface area contributed by atoms with Crippen LogP contribution in [0.1, 0.15) is 19.8 Å². The second-order valence-corrected chi connectivity index (χ2v) is 5.73. The molecule has 0 spiro atoms. The van der Waals surface area contributed by atoms with Crippen molar-refractivity contribution in [2.75, 3.05) is 25.9 Å². The molecule has 0 aromatic heterocycles. The number of nitrogens with one attached hydrogen (secondary N) is 2. The third-order valence-electron chi connectivity index (χ3n) is 2.08. The number of nitrogens with two attached hydrogens (primary N) is 1. The molecule has 7 heteroatoms. The molecule has 0 saturated carbocycles. The largest absolute Gasteiger partial charge is 0.355 e. The molecular weight excluding hydrogens is 230 g/mol. The third kappa shape index (κ3) is 9.88. The van der Waals surface area contributed by atoms with Gasteiger partial charge >= 0.3 is 0 Å². The highest BCUT2D eigenvalue weighted by Gasteiger charge is 2.05. The highest BCUT2D eigenvalue weighted by atomic mass is 32.2. The molecule has 0 fully saturated rings. The maximum Gasteiger partial charge on any atom is 0.220 e. The Balaban J connectivity index is 3.52. The first-order chi connectivity index (χ1) is 7.35. The fourth-order valence-electron chi connectivity index (χ4n) is 1.02. The SMILES string of the molecule is CC(CN)CCC(=O)NCCNS(C)(=O)=O. The molecule has 0 heterocycles. The number of carbonyl (C=O) groups excluding carboxylic acids is 1. The van der Waals surface area contributed by atoms with Gasteiger partial charge in [-0.05, 0) is 18.9 Å². The molecule has 1 unspecified atom stereocenters. The average molecular weight is 251 g/mol. The second kappa shape index (κ2) is 7.59. The van der Waals surface area contributed by atoms with Crippen molar-refractivity contribution in [3.63, 3.8) is 0 Å². The Morgan fingerprint density at radius 1 is 1.38 bits per heavy atom. The van der Waals surface area contributed by atoms with E-state index in [2.05, 4.69) is 10.0 Å². The summed E-state index contributed by atoms with van der Waals surface area (Å²) in [6.45, 7) is 3.08. The zero-order chi connectivity index (χ0) is 12.6. The summed E-state index contributed by atoms with van der Waals surface area (Å²) < 4.78 is 23.7. The van der Waals surface area contributed by atoms with Crippen LogP contribution in [0.4, 0.5) is 0 Å². The van der Waals surface area contributed by atoms with Crippen LogP contribution in [0.2, 0.25) is 0 Å². The van der Waals surface area contributed by atoms with Crippen LogP contribution in [-0.2, 0) is 14.8 Å². The van der Waals surface area contributed by atoms with Gasteiger partial charge < -0.3 is 11.1 Å². The Morgan fingerprint density at radius 3 is 2.50 bits per heavy atom. The van der Waals surface area contributed by atoms with E-state index in [-0.39, 0.29) is 12.5 Å². The summed E-state index contributed by atoms with van der Waals surface area (Å²) in [5, 5.41) is 2.63. The van der Waals surface area contributed by atoms with Gasteiger partial charge in [0.25, 0.3) is 0 Å². The molecule has 0 bridgehead atoms. The van der Waals surface area contributed by atoms with E-state index < -0.39 is 10.0 Å². The van der Waals surface area contributed by atoms with Crippen LogP contribution in [0.5, 0.6) is 0 Å². The van der Waals surface area contributed by atoms with E-state index in [1.54, 1.807) is 0 Å². The lowest BCUT2D eigenvalue weighted by molar-refractivity contribution is -0.121. The van der Waals surface area contributed by atoms with Crippen LogP contribution >= 0.6 is 0 Å². The number of rotatable bonds is 8. The van der Waals surface area contributed by atoms with Crippen LogP contribution in [0.3, 0.4) is 0 Å². The van der Waals surface area contributed by atoms with E-state index in [1.165, 1.54) is 0 Å². The van der Waals surface area contributed by atoms with Crippen molar-refractivity contribution in [1.82, 2.24) is 10.0 Å². The molecular formula is C9H21N3O3S. The minimum absolute atomic E-state index is 0.0735. The van der Waals surface area contributed by atoms with E-state index in [4.69, 9.17) is 5.73 Å². The van der Waals surface area contributed by atoms with Crippen molar-refractivity contribution >= 4 is 15.9 Å². The smallest absolute Gasteiger partial charge is 0.220 e. The Kier molecular flexibility index (Phi) is 7.27. The van der Waals surface area contributed by atoms with Crippen molar-refractivity contribution in [1.29, 1.82) is 0 Å². The molecule has 0 aromatic rings. The minimum atomic E-state index is -3.17. The van der Waals surface area contributed by atoms with Crippen LogP contribution in [0.15, 0.2) is 0 Å². The van der Waals surface area contributed by atoms with Gasteiger partial charge in [-0.15, -0.1) is 0 Å². The molecule has 0 radical (unpaired) electrons. The van der Waals surface area contributed by atoms with Gasteiger partial charge in [0, 0.05) is 19.5 Å². The van der Waals surface area contributed by atoms with Gasteiger partial charge in [0.1, 0.15) is 0 Å². The van der Waals surface area contributed by atoms with E-state index in [0.717, 1.165) is 12.7 Å². The Hall–Kier alpha value is -0.660. The second-order valence-electron chi connectivity index (χ2n) is 3.90. The summed E-state index contributed by atoms with van der Waals surface area (Å²) in [7, 11) is -3.17. The predicted octanol–water partition coefficient (Wildman–Crippen LogP) is -0.973. The summed E-state index contributed by atoms with van der Waals surface area (Å²) in [5.41, 5.74) is 5.42. The molecule has 0 rings (SSSR count). The van der Waals surface area contributed by atoms with Gasteiger partial charge in [-0.2, -0.15) is 0 Å². The fourth-order valence-corrected chi connectivity index (χ4v) is 1.49. The molecule has 0 aliphatic heterocycles. The first-order valence-electron chi connectivity index (χ1n) is 5.26. The van der Waals surface area contributed by atoms with Gasteiger partial charge in [-0.1, -0.05) is 6.92 Å². The highest BCUT2D eigenvalue weighted by Crippen LogP contribution is 2.02. The summed E-state index contributed by atoms with van der Waals surface area (Å²) in [6, 6.07) is 0. The summed E-state index contributed by atoms with van der Waals surface area (Å²) in [5.74, 6) is 0.260. The molecule has 0 aromatic carbocycles. The van der Waals surface area contributed by atoms with E-state index in [1.807, 2.05) is 6.92 Å². The predicted molar refractivity (Wildman–Crippen MR) is 63.3 cm³/mol. The van der Waals surface area contributed by atoms with Crippen LogP contribution in [-0.4, -0.2) is 40.2 Å². The monoisotopic (exact) mass is 251 g/mol. The molecule has 4 N–H and O–H groups in total. The lowest BCUT2D eigenvalue weighted by Gasteiger charge is -2.08. The van der Waals surface area contributed by atoms with Gasteiger partial charge in [-0.3, -0.25) is 4.79 Å². The minimum Gasteiger partial charge on any atom is -0.355 e. The third-order valence-corrected chi connectivity index (χ3v) is 2.81. The highest BCUT2D eigenvalue weighted by molar-refractivity contribution is 7.88. The van der Waals surface area contributed by atoms with E-state index in [9.17, 15) is 13.2 Å². The molecule has 96 valence electrons. The van der Waals surface area contributed by atoms with Crippen LogP contribution < -0.4 is 15.8 Å². The summed E-state index contributed by atoms with van der Waals surface area (Å²) in [4.78, 5) is 11.3. The van der Waals surface area contributed by atoms with Crippen molar-refractivity contribution in [3.8, 4) is 0 Å². The van der Waals surface area contributed by atoms with Crippen molar-refractivity contribution in [2.45, 2.75) is 19.8 Å². The normalized spacial score (nSPS) is 13.4. The van der Waals surface area contributed by atoms with E-state index >= 15 is 0 Å². The number of sulfonamides is 1. The quantitative estimate of drug-likeness (QED) is 0.483. The standard InChI is InChI=1S/C9H21N3O3S/c1-8(7-10)3-4-9(13)11-5-6-12-16(2,14)15/h8,12H,3-7,10H2,1-2H3,(H,11,13). The molecule has 6 nitrogen and oxygen atoms in total.